The van der Waals surface area contributed by atoms with E-state index in [4.69, 9.17) is 10.5 Å². The first-order chi connectivity index (χ1) is 12.8. The molecule has 3 rings (SSSR count). The Balaban J connectivity index is 2.12. The summed E-state index contributed by atoms with van der Waals surface area (Å²) in [6.07, 6.45) is 2.09. The van der Waals surface area contributed by atoms with Crippen LogP contribution in [0.25, 0.3) is 22.2 Å². The van der Waals surface area contributed by atoms with Crippen LogP contribution in [0.15, 0.2) is 42.5 Å². The number of hydrogen-bond acceptors (Lipinski definition) is 4. The van der Waals surface area contributed by atoms with Gasteiger partial charge in [-0.2, -0.15) is 0 Å². The molecule has 1 heterocycles. The van der Waals surface area contributed by atoms with Crippen molar-refractivity contribution in [3.8, 4) is 17.0 Å². The van der Waals surface area contributed by atoms with E-state index in [-0.39, 0.29) is 0 Å². The third-order valence-corrected chi connectivity index (χ3v) is 4.90. The molecular formula is C20H25N3O3S. The van der Waals surface area contributed by atoms with Crippen molar-refractivity contribution in [2.75, 3.05) is 23.3 Å². The van der Waals surface area contributed by atoms with Gasteiger partial charge in [0.2, 0.25) is 10.0 Å². The third kappa shape index (κ3) is 4.03. The molecular weight excluding hydrogens is 362 g/mol. The monoisotopic (exact) mass is 387 g/mol. The minimum absolute atomic E-state index is 0.525. The molecule has 0 aliphatic heterocycles. The van der Waals surface area contributed by atoms with E-state index in [1.54, 1.807) is 12.1 Å². The van der Waals surface area contributed by atoms with Crippen LogP contribution in [-0.2, 0) is 16.6 Å². The first kappa shape index (κ1) is 19.1. The highest BCUT2D eigenvalue weighted by atomic mass is 32.2. The Morgan fingerprint density at radius 3 is 2.41 bits per heavy atom. The van der Waals surface area contributed by atoms with Crippen LogP contribution in [0, 0.1) is 0 Å². The number of ether oxygens (including phenoxy) is 1. The van der Waals surface area contributed by atoms with Crippen molar-refractivity contribution in [3.63, 3.8) is 0 Å². The molecule has 0 amide bonds. The van der Waals surface area contributed by atoms with Crippen LogP contribution in [0.5, 0.6) is 5.75 Å². The summed E-state index contributed by atoms with van der Waals surface area (Å²) in [6.45, 7) is 5.51. The molecule has 0 radical (unpaired) electrons. The summed E-state index contributed by atoms with van der Waals surface area (Å²) in [4.78, 5) is 0. The molecule has 2 aromatic carbocycles. The van der Waals surface area contributed by atoms with Gasteiger partial charge in [0, 0.05) is 29.2 Å². The fourth-order valence-electron chi connectivity index (χ4n) is 3.29. The lowest BCUT2D eigenvalue weighted by Gasteiger charge is -2.12. The van der Waals surface area contributed by atoms with Gasteiger partial charge >= 0.3 is 0 Å². The van der Waals surface area contributed by atoms with Gasteiger partial charge in [-0.1, -0.05) is 19.1 Å². The molecule has 144 valence electrons. The molecule has 0 spiro atoms. The summed E-state index contributed by atoms with van der Waals surface area (Å²) in [5.74, 6) is 0.819. The molecule has 1 aromatic heterocycles. The fourth-order valence-corrected chi connectivity index (χ4v) is 3.85. The number of nitrogen functional groups attached to an aromatic ring is 1. The maximum absolute atomic E-state index is 11.4. The molecule has 0 aliphatic rings. The largest absolute Gasteiger partial charge is 0.494 e. The minimum atomic E-state index is -3.30. The van der Waals surface area contributed by atoms with Crippen LogP contribution in [0.3, 0.4) is 0 Å². The van der Waals surface area contributed by atoms with Crippen molar-refractivity contribution in [2.45, 2.75) is 26.8 Å². The molecule has 27 heavy (non-hydrogen) atoms. The number of fused-ring (bicyclic) bond motifs is 1. The molecule has 3 aromatic rings. The van der Waals surface area contributed by atoms with E-state index in [9.17, 15) is 8.42 Å². The summed E-state index contributed by atoms with van der Waals surface area (Å²) in [7, 11) is -3.30. The molecule has 0 saturated heterocycles. The van der Waals surface area contributed by atoms with Gasteiger partial charge in [0.15, 0.2) is 0 Å². The van der Waals surface area contributed by atoms with Crippen molar-refractivity contribution in [2.24, 2.45) is 0 Å². The second-order valence-electron chi connectivity index (χ2n) is 6.48. The van der Waals surface area contributed by atoms with Crippen LogP contribution in [-0.4, -0.2) is 25.8 Å². The zero-order valence-electron chi connectivity index (χ0n) is 15.8. The standard InChI is InChI=1S/C20H25N3O3S/c1-4-12-23-18-13-16(26-5-2)10-11-17(18)19(21)20(23)14-6-8-15(9-7-14)22-27(3,24)25/h6-11,13,22H,4-5,12,21H2,1-3H3. The number of aromatic nitrogens is 1. The van der Waals surface area contributed by atoms with Gasteiger partial charge in [0.1, 0.15) is 5.75 Å². The van der Waals surface area contributed by atoms with Crippen LogP contribution in [0.1, 0.15) is 20.3 Å². The molecule has 0 bridgehead atoms. The van der Waals surface area contributed by atoms with E-state index in [2.05, 4.69) is 16.2 Å². The molecule has 0 fully saturated rings. The number of anilines is 2. The number of aryl methyl sites for hydroxylation is 1. The van der Waals surface area contributed by atoms with Gasteiger partial charge in [-0.3, -0.25) is 4.72 Å². The van der Waals surface area contributed by atoms with E-state index >= 15 is 0 Å². The SMILES string of the molecule is CCCn1c(-c2ccc(NS(C)(=O)=O)cc2)c(N)c2ccc(OCC)cc21. The number of sulfonamides is 1. The van der Waals surface area contributed by atoms with Crippen LogP contribution >= 0.6 is 0 Å². The van der Waals surface area contributed by atoms with E-state index in [0.717, 1.165) is 47.1 Å². The van der Waals surface area contributed by atoms with Crippen molar-refractivity contribution in [3.05, 3.63) is 42.5 Å². The summed E-state index contributed by atoms with van der Waals surface area (Å²) in [5.41, 5.74) is 10.6. The zero-order valence-corrected chi connectivity index (χ0v) is 16.6. The van der Waals surface area contributed by atoms with Gasteiger partial charge in [0.25, 0.3) is 0 Å². The van der Waals surface area contributed by atoms with Gasteiger partial charge in [-0.15, -0.1) is 0 Å². The maximum atomic E-state index is 11.4. The molecule has 0 atom stereocenters. The number of nitrogens with one attached hydrogen (secondary N) is 1. The Kier molecular flexibility index (Phi) is 5.32. The lowest BCUT2D eigenvalue weighted by molar-refractivity contribution is 0.340. The number of nitrogens with two attached hydrogens (primary N) is 1. The first-order valence-corrected chi connectivity index (χ1v) is 10.9. The van der Waals surface area contributed by atoms with Crippen LogP contribution in [0.4, 0.5) is 11.4 Å². The Labute approximate surface area is 160 Å². The maximum Gasteiger partial charge on any atom is 0.229 e. The van der Waals surface area contributed by atoms with Crippen molar-refractivity contribution >= 4 is 32.3 Å². The highest BCUT2D eigenvalue weighted by Gasteiger charge is 2.17. The van der Waals surface area contributed by atoms with Crippen molar-refractivity contribution in [1.82, 2.24) is 4.57 Å². The molecule has 6 nitrogen and oxygen atoms in total. The van der Waals surface area contributed by atoms with E-state index in [1.165, 1.54) is 0 Å². The summed E-state index contributed by atoms with van der Waals surface area (Å²) >= 11 is 0. The smallest absolute Gasteiger partial charge is 0.229 e. The average Bonchev–Trinajstić information content (AvgIpc) is 2.87. The topological polar surface area (TPSA) is 86.4 Å². The number of hydrogen-bond donors (Lipinski definition) is 2. The minimum Gasteiger partial charge on any atom is -0.494 e. The number of benzene rings is 2. The predicted molar refractivity (Wildman–Crippen MR) is 112 cm³/mol. The molecule has 0 saturated carbocycles. The third-order valence-electron chi connectivity index (χ3n) is 4.30. The normalized spacial score (nSPS) is 11.7. The highest BCUT2D eigenvalue weighted by Crippen LogP contribution is 2.38. The quantitative estimate of drug-likeness (QED) is 0.640. The highest BCUT2D eigenvalue weighted by molar-refractivity contribution is 7.92. The lowest BCUT2D eigenvalue weighted by atomic mass is 10.1. The zero-order chi connectivity index (χ0) is 19.6. The van der Waals surface area contributed by atoms with E-state index in [0.29, 0.717) is 18.0 Å². The van der Waals surface area contributed by atoms with Crippen LogP contribution in [0.2, 0.25) is 0 Å². The molecule has 0 aliphatic carbocycles. The predicted octanol–water partition coefficient (Wildman–Crippen LogP) is 4.07. The Bertz CT molecular complexity index is 1050. The number of nitrogens with zero attached hydrogens (tertiary/aromatic N) is 1. The second kappa shape index (κ2) is 7.52. The molecule has 7 heteroatoms. The number of rotatable bonds is 7. The first-order valence-electron chi connectivity index (χ1n) is 8.96. The van der Waals surface area contributed by atoms with Gasteiger partial charge in [0.05, 0.1) is 29.8 Å². The van der Waals surface area contributed by atoms with E-state index in [1.807, 2.05) is 37.3 Å². The second-order valence-corrected chi connectivity index (χ2v) is 8.23. The molecule has 3 N–H and O–H groups in total. The van der Waals surface area contributed by atoms with E-state index < -0.39 is 10.0 Å². The van der Waals surface area contributed by atoms with Gasteiger partial charge in [-0.05, 0) is 37.6 Å². The van der Waals surface area contributed by atoms with Crippen molar-refractivity contribution in [1.29, 1.82) is 0 Å². The average molecular weight is 388 g/mol. The summed E-state index contributed by atoms with van der Waals surface area (Å²) in [6, 6.07) is 13.2. The Hall–Kier alpha value is -2.67. The van der Waals surface area contributed by atoms with Gasteiger partial charge < -0.3 is 15.0 Å². The Morgan fingerprint density at radius 1 is 1.11 bits per heavy atom. The molecule has 0 unspecified atom stereocenters. The van der Waals surface area contributed by atoms with Crippen molar-refractivity contribution < 1.29 is 13.2 Å². The van der Waals surface area contributed by atoms with Crippen LogP contribution < -0.4 is 15.2 Å². The van der Waals surface area contributed by atoms with Gasteiger partial charge in [-0.25, -0.2) is 8.42 Å². The fraction of sp³-hybridized carbons (Fsp3) is 0.300. The lowest BCUT2D eigenvalue weighted by Crippen LogP contribution is -2.09. The Morgan fingerprint density at radius 2 is 1.81 bits per heavy atom. The summed E-state index contributed by atoms with van der Waals surface area (Å²) in [5, 5.41) is 0.986. The summed E-state index contributed by atoms with van der Waals surface area (Å²) < 4.78 is 33.1.